The first kappa shape index (κ1) is 10.7. The molecule has 1 heterocycles. The molecule has 0 unspecified atom stereocenters. The van der Waals surface area contributed by atoms with E-state index in [4.69, 9.17) is 10.1 Å². The van der Waals surface area contributed by atoms with E-state index in [-0.39, 0.29) is 5.91 Å². The first-order chi connectivity index (χ1) is 7.81. The van der Waals surface area contributed by atoms with Crippen LogP contribution < -0.4 is 0 Å². The highest BCUT2D eigenvalue weighted by Gasteiger charge is 2.18. The monoisotopic (exact) mass is 216 g/mol. The Morgan fingerprint density at radius 1 is 1.31 bits per heavy atom. The fraction of sp³-hybridized carbons (Fsp3) is 0.333. The zero-order valence-electron chi connectivity index (χ0n) is 8.85. The summed E-state index contributed by atoms with van der Waals surface area (Å²) >= 11 is 0. The van der Waals surface area contributed by atoms with Crippen molar-refractivity contribution in [2.24, 2.45) is 0 Å². The Morgan fingerprint density at radius 2 is 2.06 bits per heavy atom. The van der Waals surface area contributed by atoms with Gasteiger partial charge in [-0.1, -0.05) is 0 Å². The van der Waals surface area contributed by atoms with Gasteiger partial charge in [0.1, 0.15) is 0 Å². The van der Waals surface area contributed by atoms with Crippen LogP contribution in [0.15, 0.2) is 24.3 Å². The van der Waals surface area contributed by atoms with Crippen LogP contribution in [0.3, 0.4) is 0 Å². The number of nitrogens with zero attached hydrogens (tertiary/aromatic N) is 2. The molecule has 2 rings (SSSR count). The van der Waals surface area contributed by atoms with Crippen LogP contribution in [0.1, 0.15) is 28.8 Å². The van der Waals surface area contributed by atoms with Gasteiger partial charge in [0, 0.05) is 12.1 Å². The lowest BCUT2D eigenvalue weighted by atomic mass is 10.1. The number of carbonyl (C=O) groups excluding carboxylic acids is 1. The van der Waals surface area contributed by atoms with Gasteiger partial charge in [0.25, 0.3) is 5.91 Å². The van der Waals surface area contributed by atoms with Crippen molar-refractivity contribution in [1.29, 1.82) is 5.26 Å². The second kappa shape index (κ2) is 4.77. The molecule has 0 radical (unpaired) electrons. The molecule has 1 aliphatic rings. The Hall–Kier alpha value is -1.86. The molecule has 0 bridgehead atoms. The number of carbonyl (C=O) groups is 1. The van der Waals surface area contributed by atoms with Crippen LogP contribution in [0.4, 0.5) is 0 Å². The van der Waals surface area contributed by atoms with Gasteiger partial charge in [-0.2, -0.15) is 5.26 Å². The first-order valence-corrected chi connectivity index (χ1v) is 5.26. The number of hydroxylamine groups is 2. The van der Waals surface area contributed by atoms with E-state index in [1.165, 1.54) is 5.06 Å². The van der Waals surface area contributed by atoms with Gasteiger partial charge in [-0.15, -0.1) is 0 Å². The molecule has 82 valence electrons. The molecule has 0 aromatic heterocycles. The van der Waals surface area contributed by atoms with Crippen molar-refractivity contribution in [3.8, 4) is 6.07 Å². The van der Waals surface area contributed by atoms with Crippen LogP contribution >= 0.6 is 0 Å². The standard InChI is InChI=1S/C12H12N2O2/c13-9-10-3-5-11(6-4-10)12(15)14-7-1-2-8-16-14/h3-6H,1-2,7-8H2. The summed E-state index contributed by atoms with van der Waals surface area (Å²) in [5, 5.41) is 10.0. The number of rotatable bonds is 1. The minimum Gasteiger partial charge on any atom is -0.271 e. The molecule has 4 nitrogen and oxygen atoms in total. The van der Waals surface area contributed by atoms with Gasteiger partial charge in [0.05, 0.1) is 18.2 Å². The van der Waals surface area contributed by atoms with E-state index in [1.54, 1.807) is 24.3 Å². The molecule has 1 aromatic rings. The van der Waals surface area contributed by atoms with Crippen molar-refractivity contribution in [3.63, 3.8) is 0 Å². The molecular weight excluding hydrogens is 204 g/mol. The number of hydrogen-bond acceptors (Lipinski definition) is 3. The maximum atomic E-state index is 11.9. The molecule has 1 aromatic carbocycles. The molecule has 1 aliphatic heterocycles. The van der Waals surface area contributed by atoms with Crippen molar-refractivity contribution >= 4 is 5.91 Å². The summed E-state index contributed by atoms with van der Waals surface area (Å²) in [6, 6.07) is 8.59. The number of amides is 1. The van der Waals surface area contributed by atoms with Crippen molar-refractivity contribution in [2.75, 3.05) is 13.2 Å². The average Bonchev–Trinajstić information content (AvgIpc) is 2.39. The maximum Gasteiger partial charge on any atom is 0.277 e. The molecule has 0 aliphatic carbocycles. The predicted molar refractivity (Wildman–Crippen MR) is 57.4 cm³/mol. The number of benzene rings is 1. The smallest absolute Gasteiger partial charge is 0.271 e. The van der Waals surface area contributed by atoms with Crippen LogP contribution in [-0.4, -0.2) is 24.1 Å². The summed E-state index contributed by atoms with van der Waals surface area (Å²) in [6.45, 7) is 1.24. The largest absolute Gasteiger partial charge is 0.277 e. The Bertz CT molecular complexity index is 414. The minimum atomic E-state index is -0.135. The summed E-state index contributed by atoms with van der Waals surface area (Å²) in [6.07, 6.45) is 1.97. The number of hydrogen-bond donors (Lipinski definition) is 0. The van der Waals surface area contributed by atoms with Gasteiger partial charge in [-0.25, -0.2) is 5.06 Å². The molecule has 1 fully saturated rings. The summed E-state index contributed by atoms with van der Waals surface area (Å²) in [4.78, 5) is 17.2. The van der Waals surface area contributed by atoms with Crippen LogP contribution in [-0.2, 0) is 4.84 Å². The highest BCUT2D eigenvalue weighted by molar-refractivity contribution is 5.93. The Kier molecular flexibility index (Phi) is 3.18. The molecule has 1 amide bonds. The molecule has 0 spiro atoms. The van der Waals surface area contributed by atoms with E-state index < -0.39 is 0 Å². The Morgan fingerprint density at radius 3 is 2.62 bits per heavy atom. The van der Waals surface area contributed by atoms with Crippen LogP contribution in [0, 0.1) is 11.3 Å². The van der Waals surface area contributed by atoms with Gasteiger partial charge in [0.15, 0.2) is 0 Å². The fourth-order valence-corrected chi connectivity index (χ4v) is 1.59. The normalized spacial score (nSPS) is 15.6. The summed E-state index contributed by atoms with van der Waals surface area (Å²) in [7, 11) is 0. The Labute approximate surface area is 94.0 Å². The van der Waals surface area contributed by atoms with Crippen molar-refractivity contribution in [2.45, 2.75) is 12.8 Å². The predicted octanol–water partition coefficient (Wildman–Crippen LogP) is 1.73. The third kappa shape index (κ3) is 2.20. The summed E-state index contributed by atoms with van der Waals surface area (Å²) in [5.74, 6) is -0.135. The van der Waals surface area contributed by atoms with Crippen molar-refractivity contribution < 1.29 is 9.63 Å². The zero-order chi connectivity index (χ0) is 11.4. The molecular formula is C12H12N2O2. The highest BCUT2D eigenvalue weighted by atomic mass is 16.7. The molecule has 1 saturated heterocycles. The van der Waals surface area contributed by atoms with E-state index in [1.807, 2.05) is 6.07 Å². The van der Waals surface area contributed by atoms with Crippen LogP contribution in [0.2, 0.25) is 0 Å². The lowest BCUT2D eigenvalue weighted by molar-refractivity contribution is -0.144. The van der Waals surface area contributed by atoms with Gasteiger partial charge in [0.2, 0.25) is 0 Å². The molecule has 0 N–H and O–H groups in total. The summed E-state index contributed by atoms with van der Waals surface area (Å²) in [5.41, 5.74) is 1.11. The van der Waals surface area contributed by atoms with Gasteiger partial charge >= 0.3 is 0 Å². The van der Waals surface area contributed by atoms with Crippen LogP contribution in [0.25, 0.3) is 0 Å². The molecule has 16 heavy (non-hydrogen) atoms. The van der Waals surface area contributed by atoms with E-state index in [2.05, 4.69) is 0 Å². The van der Waals surface area contributed by atoms with Gasteiger partial charge in [-0.05, 0) is 37.1 Å². The van der Waals surface area contributed by atoms with Crippen molar-refractivity contribution in [3.05, 3.63) is 35.4 Å². The first-order valence-electron chi connectivity index (χ1n) is 5.26. The highest BCUT2D eigenvalue weighted by Crippen LogP contribution is 2.12. The quantitative estimate of drug-likeness (QED) is 0.718. The van der Waals surface area contributed by atoms with Gasteiger partial charge < -0.3 is 0 Å². The SMILES string of the molecule is N#Cc1ccc(C(=O)N2CCCCO2)cc1. The molecule has 4 heteroatoms. The van der Waals surface area contributed by atoms with Crippen molar-refractivity contribution in [1.82, 2.24) is 5.06 Å². The van der Waals surface area contributed by atoms with E-state index in [0.29, 0.717) is 24.3 Å². The average molecular weight is 216 g/mol. The minimum absolute atomic E-state index is 0.135. The third-order valence-corrected chi connectivity index (χ3v) is 2.49. The maximum absolute atomic E-state index is 11.9. The molecule has 0 atom stereocenters. The topological polar surface area (TPSA) is 53.3 Å². The van der Waals surface area contributed by atoms with Crippen LogP contribution in [0.5, 0.6) is 0 Å². The Balaban J connectivity index is 2.11. The zero-order valence-corrected chi connectivity index (χ0v) is 8.85. The van der Waals surface area contributed by atoms with E-state index in [9.17, 15) is 4.79 Å². The number of nitriles is 1. The summed E-state index contributed by atoms with van der Waals surface area (Å²) < 4.78 is 0. The molecule has 0 saturated carbocycles. The fourth-order valence-electron chi connectivity index (χ4n) is 1.59. The second-order valence-electron chi connectivity index (χ2n) is 3.64. The third-order valence-electron chi connectivity index (χ3n) is 2.49. The van der Waals surface area contributed by atoms with E-state index in [0.717, 1.165) is 12.8 Å². The van der Waals surface area contributed by atoms with E-state index >= 15 is 0 Å². The lowest BCUT2D eigenvalue weighted by Gasteiger charge is -2.25. The second-order valence-corrected chi connectivity index (χ2v) is 3.64. The van der Waals surface area contributed by atoms with Gasteiger partial charge in [-0.3, -0.25) is 9.63 Å². The lowest BCUT2D eigenvalue weighted by Crippen LogP contribution is -2.35.